The number of aromatic nitrogens is 2. The molecule has 0 aliphatic carbocycles. The Labute approximate surface area is 109 Å². The van der Waals surface area contributed by atoms with Gasteiger partial charge in [-0.05, 0) is 6.92 Å². The van der Waals surface area contributed by atoms with Crippen molar-refractivity contribution >= 4 is 34.2 Å². The molecular weight excluding hydrogens is 291 g/mol. The molecule has 10 heteroatoms. The van der Waals surface area contributed by atoms with Gasteiger partial charge in [-0.3, -0.25) is 4.79 Å². The number of hydrogen-bond acceptors (Lipinski definition) is 6. The van der Waals surface area contributed by atoms with Crippen molar-refractivity contribution in [3.63, 3.8) is 0 Å². The van der Waals surface area contributed by atoms with Gasteiger partial charge in [-0.25, -0.2) is 0 Å². The maximum Gasteiger partial charge on any atom is 0.391 e. The quantitative estimate of drug-likeness (QED) is 0.786. The first kappa shape index (κ1) is 15.0. The first-order valence-corrected chi connectivity index (χ1v) is 6.58. The zero-order valence-electron chi connectivity index (χ0n) is 9.19. The van der Waals surface area contributed by atoms with Crippen LogP contribution in [0.5, 0.6) is 0 Å². The van der Waals surface area contributed by atoms with Crippen LogP contribution in [0.25, 0.3) is 0 Å². The number of thioether (sulfide) groups is 1. The van der Waals surface area contributed by atoms with Gasteiger partial charge in [0.15, 0.2) is 4.34 Å². The number of nitrogens with zero attached hydrogens (tertiary/aromatic N) is 2. The van der Waals surface area contributed by atoms with Gasteiger partial charge in [-0.15, -0.1) is 10.2 Å². The minimum atomic E-state index is -4.24. The van der Waals surface area contributed by atoms with Gasteiger partial charge < -0.3 is 10.4 Å². The number of halogens is 3. The fourth-order valence-electron chi connectivity index (χ4n) is 1.06. The highest BCUT2D eigenvalue weighted by Gasteiger charge is 2.30. The third-order valence-corrected chi connectivity index (χ3v) is 3.61. The number of anilines is 1. The van der Waals surface area contributed by atoms with Crippen LogP contribution in [0.1, 0.15) is 13.3 Å². The third-order valence-electron chi connectivity index (χ3n) is 1.63. The van der Waals surface area contributed by atoms with Crippen LogP contribution in [0, 0.1) is 0 Å². The molecule has 0 bridgehead atoms. The summed E-state index contributed by atoms with van der Waals surface area (Å²) in [5, 5.41) is 18.6. The van der Waals surface area contributed by atoms with Crippen molar-refractivity contribution in [2.75, 3.05) is 11.1 Å². The van der Waals surface area contributed by atoms with Crippen LogP contribution in [-0.4, -0.2) is 39.2 Å². The molecule has 0 spiro atoms. The Kier molecular flexibility index (Phi) is 5.20. The van der Waals surface area contributed by atoms with Gasteiger partial charge in [0.05, 0.1) is 12.2 Å². The number of carboxylic acids is 1. The Morgan fingerprint density at radius 3 is 2.78 bits per heavy atom. The molecule has 5 nitrogen and oxygen atoms in total. The molecule has 18 heavy (non-hydrogen) atoms. The Bertz CT molecular complexity index is 411. The van der Waals surface area contributed by atoms with Gasteiger partial charge >= 0.3 is 12.1 Å². The SMILES string of the molecule is CC(CC(F)(F)F)Nc1nnc(SCC(=O)O)s1. The predicted molar refractivity (Wildman–Crippen MR) is 62.0 cm³/mol. The highest BCUT2D eigenvalue weighted by Crippen LogP contribution is 2.27. The fraction of sp³-hybridized carbons (Fsp3) is 0.625. The number of hydrogen-bond donors (Lipinski definition) is 2. The van der Waals surface area contributed by atoms with Gasteiger partial charge in [-0.2, -0.15) is 13.2 Å². The summed E-state index contributed by atoms with van der Waals surface area (Å²) in [4.78, 5) is 10.3. The fourth-order valence-corrected chi connectivity index (χ4v) is 2.64. The van der Waals surface area contributed by atoms with Crippen molar-refractivity contribution in [1.29, 1.82) is 0 Å². The van der Waals surface area contributed by atoms with E-state index in [1.54, 1.807) is 0 Å². The zero-order valence-corrected chi connectivity index (χ0v) is 10.8. The molecular formula is C8H10F3N3O2S2. The van der Waals surface area contributed by atoms with Gasteiger partial charge in [0.1, 0.15) is 0 Å². The topological polar surface area (TPSA) is 75.1 Å². The highest BCUT2D eigenvalue weighted by molar-refractivity contribution is 8.01. The minimum absolute atomic E-state index is 0.160. The van der Waals surface area contributed by atoms with E-state index in [1.807, 2.05) is 0 Å². The zero-order chi connectivity index (χ0) is 13.8. The number of alkyl halides is 3. The van der Waals surface area contributed by atoms with Crippen LogP contribution < -0.4 is 5.32 Å². The molecule has 1 unspecified atom stereocenters. The second-order valence-corrected chi connectivity index (χ2v) is 5.62. The van der Waals surface area contributed by atoms with Gasteiger partial charge in [0, 0.05) is 6.04 Å². The van der Waals surface area contributed by atoms with Crippen molar-refractivity contribution in [1.82, 2.24) is 10.2 Å². The van der Waals surface area contributed by atoms with Crippen LogP contribution in [0.4, 0.5) is 18.3 Å². The molecule has 0 radical (unpaired) electrons. The largest absolute Gasteiger partial charge is 0.481 e. The van der Waals surface area contributed by atoms with Crippen molar-refractivity contribution in [2.45, 2.75) is 29.9 Å². The number of carboxylic acid groups (broad SMARTS) is 1. The molecule has 1 rings (SSSR count). The van der Waals surface area contributed by atoms with E-state index >= 15 is 0 Å². The molecule has 2 N–H and O–H groups in total. The lowest BCUT2D eigenvalue weighted by molar-refractivity contribution is -0.136. The molecule has 1 heterocycles. The summed E-state index contributed by atoms with van der Waals surface area (Å²) >= 11 is 2.00. The lowest BCUT2D eigenvalue weighted by Gasteiger charge is -2.14. The Balaban J connectivity index is 2.46. The molecule has 0 aromatic carbocycles. The number of carbonyl (C=O) groups is 1. The van der Waals surface area contributed by atoms with E-state index in [0.29, 0.717) is 4.34 Å². The van der Waals surface area contributed by atoms with E-state index in [2.05, 4.69) is 15.5 Å². The molecule has 1 aromatic rings. The summed E-state index contributed by atoms with van der Waals surface area (Å²) in [5.41, 5.74) is 0. The highest BCUT2D eigenvalue weighted by atomic mass is 32.2. The standard InChI is InChI=1S/C8H10F3N3O2S2/c1-4(2-8(9,10)11)12-6-13-14-7(18-6)17-3-5(15)16/h4H,2-3H2,1H3,(H,12,13)(H,15,16). The predicted octanol–water partition coefficient (Wildman–Crippen LogP) is 2.47. The average molecular weight is 301 g/mol. The van der Waals surface area contributed by atoms with Gasteiger partial charge in [-0.1, -0.05) is 23.1 Å². The second-order valence-electron chi connectivity index (χ2n) is 3.42. The van der Waals surface area contributed by atoms with Gasteiger partial charge in [0.25, 0.3) is 0 Å². The van der Waals surface area contributed by atoms with Gasteiger partial charge in [0.2, 0.25) is 5.13 Å². The summed E-state index contributed by atoms with van der Waals surface area (Å²) in [6.45, 7) is 1.39. The van der Waals surface area contributed by atoms with Crippen molar-refractivity contribution in [3.8, 4) is 0 Å². The van der Waals surface area contributed by atoms with E-state index in [9.17, 15) is 18.0 Å². The Morgan fingerprint density at radius 1 is 1.56 bits per heavy atom. The third kappa shape index (κ3) is 6.05. The summed E-state index contributed by atoms with van der Waals surface area (Å²) in [5.74, 6) is -1.15. The Hall–Kier alpha value is -1.03. The monoisotopic (exact) mass is 301 g/mol. The number of nitrogens with one attached hydrogen (secondary N) is 1. The van der Waals surface area contributed by atoms with E-state index in [0.717, 1.165) is 23.1 Å². The summed E-state index contributed by atoms with van der Waals surface area (Å²) < 4.78 is 36.6. The Morgan fingerprint density at radius 2 is 2.22 bits per heavy atom. The summed E-state index contributed by atoms with van der Waals surface area (Å²) in [6.07, 6.45) is -5.21. The molecule has 0 aliphatic heterocycles. The van der Waals surface area contributed by atoms with Crippen LogP contribution in [0.3, 0.4) is 0 Å². The average Bonchev–Trinajstić information content (AvgIpc) is 2.59. The minimum Gasteiger partial charge on any atom is -0.481 e. The second kappa shape index (κ2) is 6.23. The van der Waals surface area contributed by atoms with Crippen molar-refractivity contribution < 1.29 is 23.1 Å². The molecule has 0 saturated carbocycles. The van der Waals surface area contributed by atoms with Crippen molar-refractivity contribution in [2.24, 2.45) is 0 Å². The first-order chi connectivity index (χ1) is 8.26. The van der Waals surface area contributed by atoms with Crippen LogP contribution in [-0.2, 0) is 4.79 Å². The van der Waals surface area contributed by atoms with Crippen molar-refractivity contribution in [3.05, 3.63) is 0 Å². The van der Waals surface area contributed by atoms with Crippen LogP contribution >= 0.6 is 23.1 Å². The summed E-state index contributed by atoms with van der Waals surface area (Å²) in [6, 6.07) is -0.810. The van der Waals surface area contributed by atoms with E-state index in [4.69, 9.17) is 5.11 Å². The number of rotatable bonds is 6. The number of aliphatic carboxylic acids is 1. The smallest absolute Gasteiger partial charge is 0.391 e. The molecule has 0 fully saturated rings. The first-order valence-electron chi connectivity index (χ1n) is 4.77. The molecule has 0 aliphatic rings. The normalized spacial score (nSPS) is 13.3. The molecule has 0 amide bonds. The van der Waals surface area contributed by atoms with Crippen LogP contribution in [0.2, 0.25) is 0 Å². The maximum atomic E-state index is 12.1. The van der Waals surface area contributed by atoms with E-state index < -0.39 is 24.6 Å². The lowest BCUT2D eigenvalue weighted by atomic mass is 10.2. The maximum absolute atomic E-state index is 12.1. The molecule has 1 atom stereocenters. The molecule has 102 valence electrons. The summed E-state index contributed by atoms with van der Waals surface area (Å²) in [7, 11) is 0. The molecule has 1 aromatic heterocycles. The van der Waals surface area contributed by atoms with Crippen LogP contribution in [0.15, 0.2) is 4.34 Å². The molecule has 0 saturated heterocycles. The van der Waals surface area contributed by atoms with E-state index in [1.165, 1.54) is 6.92 Å². The lowest BCUT2D eigenvalue weighted by Crippen LogP contribution is -2.23. The van der Waals surface area contributed by atoms with E-state index in [-0.39, 0.29) is 10.9 Å².